The summed E-state index contributed by atoms with van der Waals surface area (Å²) in [5, 5.41) is 8.20. The summed E-state index contributed by atoms with van der Waals surface area (Å²) < 4.78 is 0. The van der Waals surface area contributed by atoms with Gasteiger partial charge in [0.2, 0.25) is 0 Å². The standard InChI is InChI=1S/C14H20N2/c1-10(2)16-12-9-7-6-8-11(12)13(15)14(3,4)5/h6-9,15H,1-5H3. The lowest BCUT2D eigenvalue weighted by molar-refractivity contribution is 0.588. The number of rotatable bonds is 2. The molecule has 1 aromatic rings. The van der Waals surface area contributed by atoms with Crippen molar-refractivity contribution in [3.63, 3.8) is 0 Å². The molecule has 0 aromatic heterocycles. The second kappa shape index (κ2) is 4.60. The largest absolute Gasteiger partial charge is 0.304 e. The van der Waals surface area contributed by atoms with Crippen LogP contribution in [0.15, 0.2) is 29.3 Å². The molecule has 1 rings (SSSR count). The van der Waals surface area contributed by atoms with Crippen LogP contribution in [0, 0.1) is 10.8 Å². The molecule has 0 saturated carbocycles. The Labute approximate surface area is 97.9 Å². The van der Waals surface area contributed by atoms with Crippen LogP contribution in [-0.4, -0.2) is 11.4 Å². The highest BCUT2D eigenvalue weighted by Gasteiger charge is 2.20. The van der Waals surface area contributed by atoms with Gasteiger partial charge < -0.3 is 5.41 Å². The highest BCUT2D eigenvalue weighted by atomic mass is 14.7. The van der Waals surface area contributed by atoms with Gasteiger partial charge in [-0.2, -0.15) is 0 Å². The van der Waals surface area contributed by atoms with Crippen LogP contribution >= 0.6 is 0 Å². The van der Waals surface area contributed by atoms with E-state index in [9.17, 15) is 0 Å². The predicted octanol–water partition coefficient (Wildman–Crippen LogP) is 4.21. The van der Waals surface area contributed by atoms with E-state index in [1.807, 2.05) is 38.1 Å². The monoisotopic (exact) mass is 216 g/mol. The molecule has 2 heteroatoms. The van der Waals surface area contributed by atoms with E-state index in [-0.39, 0.29) is 5.41 Å². The zero-order chi connectivity index (χ0) is 12.3. The van der Waals surface area contributed by atoms with Gasteiger partial charge in [-0.1, -0.05) is 39.0 Å². The van der Waals surface area contributed by atoms with E-state index in [2.05, 4.69) is 25.8 Å². The van der Waals surface area contributed by atoms with Gasteiger partial charge in [0.15, 0.2) is 0 Å². The Hall–Kier alpha value is -1.44. The summed E-state index contributed by atoms with van der Waals surface area (Å²) in [4.78, 5) is 4.47. The van der Waals surface area contributed by atoms with Crippen molar-refractivity contribution in [1.82, 2.24) is 0 Å². The van der Waals surface area contributed by atoms with E-state index in [1.165, 1.54) is 0 Å². The molecule has 0 saturated heterocycles. The molecule has 1 aromatic carbocycles. The minimum atomic E-state index is -0.146. The van der Waals surface area contributed by atoms with Gasteiger partial charge in [0.05, 0.1) is 5.69 Å². The molecule has 0 unspecified atom stereocenters. The lowest BCUT2D eigenvalue weighted by Crippen LogP contribution is -2.20. The molecule has 86 valence electrons. The first kappa shape index (κ1) is 12.6. The molecule has 0 bridgehead atoms. The predicted molar refractivity (Wildman–Crippen MR) is 71.2 cm³/mol. The number of hydrogen-bond donors (Lipinski definition) is 1. The van der Waals surface area contributed by atoms with Crippen LogP contribution in [0.25, 0.3) is 0 Å². The number of benzene rings is 1. The molecule has 0 amide bonds. The maximum absolute atomic E-state index is 8.20. The van der Waals surface area contributed by atoms with E-state index in [0.717, 1.165) is 17.0 Å². The van der Waals surface area contributed by atoms with Crippen LogP contribution < -0.4 is 0 Å². The summed E-state index contributed by atoms with van der Waals surface area (Å²) >= 11 is 0. The lowest BCUT2D eigenvalue weighted by Gasteiger charge is -2.21. The van der Waals surface area contributed by atoms with E-state index >= 15 is 0 Å². The molecule has 2 nitrogen and oxygen atoms in total. The van der Waals surface area contributed by atoms with Gasteiger partial charge in [-0.15, -0.1) is 0 Å². The summed E-state index contributed by atoms with van der Waals surface area (Å²) in [5.41, 5.74) is 3.31. The van der Waals surface area contributed by atoms with E-state index in [0.29, 0.717) is 5.71 Å². The molecule has 0 fully saturated rings. The number of aliphatic imine (C=N–C) groups is 1. The zero-order valence-corrected chi connectivity index (χ0v) is 10.8. The quantitative estimate of drug-likeness (QED) is 0.719. The molecule has 0 aliphatic heterocycles. The molecule has 0 aliphatic carbocycles. The number of para-hydroxylation sites is 1. The Bertz CT molecular complexity index is 419. The van der Waals surface area contributed by atoms with Crippen molar-refractivity contribution < 1.29 is 0 Å². The van der Waals surface area contributed by atoms with Gasteiger partial charge in [-0.05, 0) is 19.9 Å². The third kappa shape index (κ3) is 3.02. The van der Waals surface area contributed by atoms with Crippen molar-refractivity contribution >= 4 is 17.1 Å². The fourth-order valence-corrected chi connectivity index (χ4v) is 1.43. The third-order valence-electron chi connectivity index (χ3n) is 2.27. The molecule has 0 heterocycles. The van der Waals surface area contributed by atoms with Crippen LogP contribution in [0.2, 0.25) is 0 Å². The van der Waals surface area contributed by atoms with Crippen molar-refractivity contribution in [2.45, 2.75) is 34.6 Å². The molecule has 0 spiro atoms. The number of hydrogen-bond acceptors (Lipinski definition) is 2. The fourth-order valence-electron chi connectivity index (χ4n) is 1.43. The van der Waals surface area contributed by atoms with Gasteiger partial charge in [-0.25, -0.2) is 0 Å². The molecular weight excluding hydrogens is 196 g/mol. The first-order chi connectivity index (χ1) is 7.32. The average molecular weight is 216 g/mol. The molecule has 0 atom stereocenters. The van der Waals surface area contributed by atoms with E-state index < -0.39 is 0 Å². The van der Waals surface area contributed by atoms with Crippen LogP contribution in [-0.2, 0) is 0 Å². The Morgan fingerprint density at radius 2 is 1.69 bits per heavy atom. The fraction of sp³-hybridized carbons (Fsp3) is 0.429. The maximum Gasteiger partial charge on any atom is 0.0719 e. The van der Waals surface area contributed by atoms with Gasteiger partial charge in [-0.3, -0.25) is 4.99 Å². The van der Waals surface area contributed by atoms with E-state index in [1.54, 1.807) is 0 Å². The Kier molecular flexibility index (Phi) is 3.63. The Balaban J connectivity index is 3.24. The average Bonchev–Trinajstić information content (AvgIpc) is 2.15. The van der Waals surface area contributed by atoms with Crippen LogP contribution in [0.1, 0.15) is 40.2 Å². The highest BCUT2D eigenvalue weighted by Crippen LogP contribution is 2.27. The second-order valence-corrected chi connectivity index (χ2v) is 5.20. The van der Waals surface area contributed by atoms with Crippen LogP contribution in [0.5, 0.6) is 0 Å². The van der Waals surface area contributed by atoms with Crippen molar-refractivity contribution in [1.29, 1.82) is 5.41 Å². The van der Waals surface area contributed by atoms with Gasteiger partial charge in [0.1, 0.15) is 0 Å². The molecule has 0 radical (unpaired) electrons. The second-order valence-electron chi connectivity index (χ2n) is 5.20. The van der Waals surface area contributed by atoms with Gasteiger partial charge in [0, 0.05) is 22.4 Å². The molecule has 16 heavy (non-hydrogen) atoms. The first-order valence-corrected chi connectivity index (χ1v) is 5.52. The SMILES string of the molecule is CC(C)=Nc1ccccc1C(=N)C(C)(C)C. The van der Waals surface area contributed by atoms with Crippen molar-refractivity contribution in [2.75, 3.05) is 0 Å². The summed E-state index contributed by atoms with van der Waals surface area (Å²) in [7, 11) is 0. The summed E-state index contributed by atoms with van der Waals surface area (Å²) in [6.07, 6.45) is 0. The minimum absolute atomic E-state index is 0.146. The lowest BCUT2D eigenvalue weighted by atomic mass is 9.85. The summed E-state index contributed by atoms with van der Waals surface area (Å²) in [5.74, 6) is 0. The molecule has 1 N–H and O–H groups in total. The van der Waals surface area contributed by atoms with Crippen LogP contribution in [0.4, 0.5) is 5.69 Å². The maximum atomic E-state index is 8.20. The van der Waals surface area contributed by atoms with Gasteiger partial charge in [0.25, 0.3) is 0 Å². The summed E-state index contributed by atoms with van der Waals surface area (Å²) in [6, 6.07) is 7.85. The minimum Gasteiger partial charge on any atom is -0.304 e. The van der Waals surface area contributed by atoms with Gasteiger partial charge >= 0.3 is 0 Å². The molecular formula is C14H20N2. The van der Waals surface area contributed by atoms with Crippen molar-refractivity contribution in [3.8, 4) is 0 Å². The molecule has 0 aliphatic rings. The smallest absolute Gasteiger partial charge is 0.0719 e. The van der Waals surface area contributed by atoms with E-state index in [4.69, 9.17) is 5.41 Å². The Morgan fingerprint density at radius 1 is 1.12 bits per heavy atom. The first-order valence-electron chi connectivity index (χ1n) is 5.52. The normalized spacial score (nSPS) is 11.1. The Morgan fingerprint density at radius 3 is 2.19 bits per heavy atom. The van der Waals surface area contributed by atoms with Crippen molar-refractivity contribution in [2.24, 2.45) is 10.4 Å². The number of nitrogens with zero attached hydrogens (tertiary/aromatic N) is 1. The summed E-state index contributed by atoms with van der Waals surface area (Å²) in [6.45, 7) is 10.1. The third-order valence-corrected chi connectivity index (χ3v) is 2.27. The van der Waals surface area contributed by atoms with Crippen molar-refractivity contribution in [3.05, 3.63) is 29.8 Å². The topological polar surface area (TPSA) is 36.2 Å². The number of nitrogens with one attached hydrogen (secondary N) is 1. The zero-order valence-electron chi connectivity index (χ0n) is 10.8. The van der Waals surface area contributed by atoms with Crippen LogP contribution in [0.3, 0.4) is 0 Å². The highest BCUT2D eigenvalue weighted by molar-refractivity contribution is 6.06.